The minimum atomic E-state index is -0.150. The summed E-state index contributed by atoms with van der Waals surface area (Å²) in [6.45, 7) is 2.43. The second-order valence-electron chi connectivity index (χ2n) is 2.84. The van der Waals surface area contributed by atoms with Crippen molar-refractivity contribution < 1.29 is 14.3 Å². The molecule has 15 heavy (non-hydrogen) atoms. The smallest absolute Gasteiger partial charge is 0.184 e. The van der Waals surface area contributed by atoms with Crippen molar-refractivity contribution in [1.29, 1.82) is 0 Å². The first kappa shape index (κ1) is 11.9. The van der Waals surface area contributed by atoms with E-state index in [1.807, 2.05) is 19.1 Å². The third kappa shape index (κ3) is 3.80. The summed E-state index contributed by atoms with van der Waals surface area (Å²) in [5.41, 5.74) is 0. The summed E-state index contributed by atoms with van der Waals surface area (Å²) in [4.78, 5) is 11.0. The van der Waals surface area contributed by atoms with Gasteiger partial charge in [0.25, 0.3) is 0 Å². The largest absolute Gasteiger partial charge is 0.490 e. The van der Waals surface area contributed by atoms with E-state index in [0.29, 0.717) is 18.1 Å². The Bertz CT molecular complexity index is 325. The van der Waals surface area contributed by atoms with Gasteiger partial charge in [-0.15, -0.1) is 11.6 Å². The van der Waals surface area contributed by atoms with Gasteiger partial charge >= 0.3 is 0 Å². The molecule has 0 saturated carbocycles. The molecule has 3 nitrogen and oxygen atoms in total. The number of carbonyl (C=O) groups excluding carboxylic acids is 1. The lowest BCUT2D eigenvalue weighted by Gasteiger charge is -2.10. The Morgan fingerprint density at radius 2 is 1.87 bits per heavy atom. The fraction of sp³-hybridized carbons (Fsp3) is 0.364. The molecule has 0 aromatic heterocycles. The van der Waals surface area contributed by atoms with Crippen molar-refractivity contribution in [1.82, 2.24) is 0 Å². The zero-order valence-corrected chi connectivity index (χ0v) is 9.29. The van der Waals surface area contributed by atoms with E-state index in [2.05, 4.69) is 0 Å². The lowest BCUT2D eigenvalue weighted by atomic mass is 10.3. The minimum absolute atomic E-state index is 0.0203. The Labute approximate surface area is 93.9 Å². The van der Waals surface area contributed by atoms with E-state index in [0.717, 1.165) is 0 Å². The van der Waals surface area contributed by atoms with E-state index in [-0.39, 0.29) is 18.3 Å². The first-order valence-corrected chi connectivity index (χ1v) is 5.23. The van der Waals surface area contributed by atoms with Gasteiger partial charge in [-0.1, -0.05) is 12.1 Å². The van der Waals surface area contributed by atoms with Crippen molar-refractivity contribution in [2.24, 2.45) is 0 Å². The first-order valence-electron chi connectivity index (χ1n) is 4.70. The van der Waals surface area contributed by atoms with Crippen molar-refractivity contribution in [3.8, 4) is 11.5 Å². The molecule has 0 aliphatic rings. The predicted molar refractivity (Wildman–Crippen MR) is 58.8 cm³/mol. The van der Waals surface area contributed by atoms with Gasteiger partial charge in [0.1, 0.15) is 6.61 Å². The van der Waals surface area contributed by atoms with Gasteiger partial charge in [0, 0.05) is 0 Å². The molecule has 82 valence electrons. The molecule has 0 N–H and O–H groups in total. The Morgan fingerprint density at radius 1 is 1.27 bits per heavy atom. The standard InChI is InChI=1S/C11H13ClO3/c1-2-14-10-5-3-4-6-11(10)15-8-9(13)7-12/h3-6H,2,7-8H2,1H3. The number of Topliss-reactive ketones (excluding diaryl/α,β-unsaturated/α-hetero) is 1. The topological polar surface area (TPSA) is 35.5 Å². The van der Waals surface area contributed by atoms with Crippen LogP contribution in [0.2, 0.25) is 0 Å². The van der Waals surface area contributed by atoms with Crippen LogP contribution < -0.4 is 9.47 Å². The number of alkyl halides is 1. The van der Waals surface area contributed by atoms with E-state index < -0.39 is 0 Å². The minimum Gasteiger partial charge on any atom is -0.490 e. The van der Waals surface area contributed by atoms with Crippen LogP contribution in [-0.4, -0.2) is 24.9 Å². The van der Waals surface area contributed by atoms with Crippen LogP contribution in [0.3, 0.4) is 0 Å². The van der Waals surface area contributed by atoms with Crippen LogP contribution in [0.15, 0.2) is 24.3 Å². The van der Waals surface area contributed by atoms with Crippen LogP contribution in [0.5, 0.6) is 11.5 Å². The molecule has 0 unspecified atom stereocenters. The van der Waals surface area contributed by atoms with Crippen molar-refractivity contribution in [2.45, 2.75) is 6.92 Å². The molecule has 0 bridgehead atoms. The molecule has 0 fully saturated rings. The summed E-state index contributed by atoms with van der Waals surface area (Å²) in [5.74, 6) is 1.03. The number of carbonyl (C=O) groups is 1. The van der Waals surface area contributed by atoms with Crippen molar-refractivity contribution in [3.05, 3.63) is 24.3 Å². The normalized spacial score (nSPS) is 9.73. The lowest BCUT2D eigenvalue weighted by molar-refractivity contribution is -0.118. The molecule has 0 heterocycles. The van der Waals surface area contributed by atoms with Crippen LogP contribution in [0, 0.1) is 0 Å². The molecule has 4 heteroatoms. The van der Waals surface area contributed by atoms with E-state index in [4.69, 9.17) is 21.1 Å². The first-order chi connectivity index (χ1) is 7.27. The van der Waals surface area contributed by atoms with Crippen LogP contribution >= 0.6 is 11.6 Å². The van der Waals surface area contributed by atoms with Gasteiger partial charge in [-0.2, -0.15) is 0 Å². The maximum absolute atomic E-state index is 11.0. The number of para-hydroxylation sites is 2. The van der Waals surface area contributed by atoms with Gasteiger partial charge in [-0.05, 0) is 19.1 Å². The number of ether oxygens (including phenoxy) is 2. The van der Waals surface area contributed by atoms with Gasteiger partial charge in [0.2, 0.25) is 0 Å². The number of benzene rings is 1. The van der Waals surface area contributed by atoms with Crippen LogP contribution in [0.1, 0.15) is 6.92 Å². The second-order valence-corrected chi connectivity index (χ2v) is 3.11. The van der Waals surface area contributed by atoms with E-state index in [1.54, 1.807) is 12.1 Å². The van der Waals surface area contributed by atoms with Crippen molar-refractivity contribution in [2.75, 3.05) is 19.1 Å². The monoisotopic (exact) mass is 228 g/mol. The highest BCUT2D eigenvalue weighted by molar-refractivity contribution is 6.27. The molecule has 1 aromatic rings. The highest BCUT2D eigenvalue weighted by atomic mass is 35.5. The van der Waals surface area contributed by atoms with Crippen LogP contribution in [0.4, 0.5) is 0 Å². The molecular formula is C11H13ClO3. The Morgan fingerprint density at radius 3 is 2.40 bits per heavy atom. The summed E-state index contributed by atoms with van der Waals surface area (Å²) in [6, 6.07) is 7.22. The average molecular weight is 229 g/mol. The average Bonchev–Trinajstić information content (AvgIpc) is 2.28. The zero-order chi connectivity index (χ0) is 11.1. The van der Waals surface area contributed by atoms with E-state index in [9.17, 15) is 4.79 Å². The SMILES string of the molecule is CCOc1ccccc1OCC(=O)CCl. The second kappa shape index (κ2) is 6.30. The fourth-order valence-electron chi connectivity index (χ4n) is 1.04. The molecule has 0 saturated heterocycles. The van der Waals surface area contributed by atoms with Crippen molar-refractivity contribution in [3.63, 3.8) is 0 Å². The number of ketones is 1. The molecule has 0 atom stereocenters. The predicted octanol–water partition coefficient (Wildman–Crippen LogP) is 2.27. The lowest BCUT2D eigenvalue weighted by Crippen LogP contribution is -2.12. The van der Waals surface area contributed by atoms with Gasteiger partial charge in [0.15, 0.2) is 17.3 Å². The Kier molecular flexibility index (Phi) is 4.98. The third-order valence-corrected chi connectivity index (χ3v) is 1.98. The van der Waals surface area contributed by atoms with Crippen LogP contribution in [0.25, 0.3) is 0 Å². The summed E-state index contributed by atoms with van der Waals surface area (Å²) < 4.78 is 10.6. The highest BCUT2D eigenvalue weighted by Crippen LogP contribution is 2.26. The Hall–Kier alpha value is -1.22. The molecule has 1 aromatic carbocycles. The maximum Gasteiger partial charge on any atom is 0.184 e. The van der Waals surface area contributed by atoms with Crippen molar-refractivity contribution >= 4 is 17.4 Å². The molecule has 0 aliphatic heterocycles. The maximum atomic E-state index is 11.0. The molecule has 0 spiro atoms. The quantitative estimate of drug-likeness (QED) is 0.701. The number of rotatable bonds is 6. The molecule has 0 radical (unpaired) electrons. The third-order valence-electron chi connectivity index (χ3n) is 1.69. The summed E-state index contributed by atoms with van der Waals surface area (Å²) >= 11 is 5.36. The fourth-order valence-corrected chi connectivity index (χ4v) is 1.12. The summed E-state index contributed by atoms with van der Waals surface area (Å²) in [6.07, 6.45) is 0. The number of halogens is 1. The molecule has 0 aliphatic carbocycles. The number of hydrogen-bond acceptors (Lipinski definition) is 3. The van der Waals surface area contributed by atoms with Gasteiger partial charge < -0.3 is 9.47 Å². The van der Waals surface area contributed by atoms with Crippen LogP contribution in [-0.2, 0) is 4.79 Å². The number of hydrogen-bond donors (Lipinski definition) is 0. The molecule has 0 amide bonds. The highest BCUT2D eigenvalue weighted by Gasteiger charge is 2.05. The van der Waals surface area contributed by atoms with E-state index >= 15 is 0 Å². The Balaban J connectivity index is 2.62. The zero-order valence-electron chi connectivity index (χ0n) is 8.53. The van der Waals surface area contributed by atoms with Gasteiger partial charge in [-0.25, -0.2) is 0 Å². The summed E-state index contributed by atoms with van der Waals surface area (Å²) in [7, 11) is 0. The van der Waals surface area contributed by atoms with Gasteiger partial charge in [-0.3, -0.25) is 4.79 Å². The molecule has 1 rings (SSSR count). The molecular weight excluding hydrogens is 216 g/mol. The van der Waals surface area contributed by atoms with Gasteiger partial charge in [0.05, 0.1) is 12.5 Å². The summed E-state index contributed by atoms with van der Waals surface area (Å²) in [5, 5.41) is 0. The van der Waals surface area contributed by atoms with E-state index in [1.165, 1.54) is 0 Å².